The molecule has 0 unspecified atom stereocenters. The maximum absolute atomic E-state index is 8.70. The van der Waals surface area contributed by atoms with E-state index in [9.17, 15) is 0 Å². The molecule has 0 saturated heterocycles. The van der Waals surface area contributed by atoms with Crippen molar-refractivity contribution in [1.82, 2.24) is 4.98 Å². The lowest BCUT2D eigenvalue weighted by Gasteiger charge is -2.04. The number of benzene rings is 1. The van der Waals surface area contributed by atoms with Gasteiger partial charge >= 0.3 is 0 Å². The van der Waals surface area contributed by atoms with E-state index >= 15 is 0 Å². The van der Waals surface area contributed by atoms with E-state index in [-0.39, 0.29) is 0 Å². The van der Waals surface area contributed by atoms with E-state index in [1.165, 1.54) is 0 Å². The second-order valence-corrected chi connectivity index (χ2v) is 3.20. The molecule has 0 spiro atoms. The number of rotatable bonds is 2. The first-order chi connectivity index (χ1) is 7.42. The summed E-state index contributed by atoms with van der Waals surface area (Å²) in [4.78, 5) is 4.22. The smallest absolute Gasteiger partial charge is 0.0781 e. The fraction of sp³-hybridized carbons (Fsp3) is 0.0769. The van der Waals surface area contributed by atoms with E-state index in [0.29, 0.717) is 6.42 Å². The lowest BCUT2D eigenvalue weighted by Crippen LogP contribution is -1.91. The molecule has 0 N–H and O–H groups in total. The van der Waals surface area contributed by atoms with Crippen LogP contribution in [-0.4, -0.2) is 4.98 Å². The zero-order valence-corrected chi connectivity index (χ0v) is 8.22. The molecule has 0 aliphatic carbocycles. The van der Waals surface area contributed by atoms with Gasteiger partial charge in [0.1, 0.15) is 0 Å². The van der Waals surface area contributed by atoms with Crippen molar-refractivity contribution in [1.29, 1.82) is 5.26 Å². The van der Waals surface area contributed by atoms with Gasteiger partial charge in [0.25, 0.3) is 0 Å². The summed E-state index contributed by atoms with van der Waals surface area (Å²) in [5.41, 5.74) is 2.99. The average molecular weight is 194 g/mol. The SMILES string of the molecule is N#CCc1ncccc1-c1ccccc1. The summed E-state index contributed by atoms with van der Waals surface area (Å²) in [5.74, 6) is 0. The molecule has 0 atom stereocenters. The van der Waals surface area contributed by atoms with E-state index in [2.05, 4.69) is 11.1 Å². The molecule has 1 heterocycles. The standard InChI is InChI=1S/C13H10N2/c14-9-8-13-12(7-4-10-15-13)11-5-2-1-3-6-11/h1-7,10H,8H2. The zero-order valence-electron chi connectivity index (χ0n) is 8.22. The Balaban J connectivity index is 2.49. The highest BCUT2D eigenvalue weighted by Gasteiger charge is 2.04. The Morgan fingerprint density at radius 2 is 1.87 bits per heavy atom. The molecule has 0 fully saturated rings. The van der Waals surface area contributed by atoms with Crippen LogP contribution in [0.1, 0.15) is 5.69 Å². The molecule has 0 saturated carbocycles. The average Bonchev–Trinajstić information content (AvgIpc) is 2.31. The summed E-state index contributed by atoms with van der Waals surface area (Å²) in [6, 6.07) is 16.0. The Kier molecular flexibility index (Phi) is 2.75. The van der Waals surface area contributed by atoms with Gasteiger partial charge in [0.15, 0.2) is 0 Å². The van der Waals surface area contributed by atoms with Crippen molar-refractivity contribution in [3.05, 3.63) is 54.4 Å². The maximum atomic E-state index is 8.70. The highest BCUT2D eigenvalue weighted by Crippen LogP contribution is 2.21. The van der Waals surface area contributed by atoms with Gasteiger partial charge in [0, 0.05) is 11.8 Å². The Morgan fingerprint density at radius 1 is 1.07 bits per heavy atom. The van der Waals surface area contributed by atoms with Gasteiger partial charge in [-0.1, -0.05) is 36.4 Å². The predicted octanol–water partition coefficient (Wildman–Crippen LogP) is 2.81. The number of nitrogens with zero attached hydrogens (tertiary/aromatic N) is 2. The van der Waals surface area contributed by atoms with Gasteiger partial charge in [-0.3, -0.25) is 4.98 Å². The van der Waals surface area contributed by atoms with Gasteiger partial charge in [-0.05, 0) is 11.6 Å². The first kappa shape index (κ1) is 9.42. The van der Waals surface area contributed by atoms with E-state index in [4.69, 9.17) is 5.26 Å². The molecule has 0 bridgehead atoms. The third kappa shape index (κ3) is 2.03. The number of aromatic nitrogens is 1. The lowest BCUT2D eigenvalue weighted by molar-refractivity contribution is 1.12. The Hall–Kier alpha value is -2.14. The summed E-state index contributed by atoms with van der Waals surface area (Å²) < 4.78 is 0. The second-order valence-electron chi connectivity index (χ2n) is 3.20. The van der Waals surface area contributed by atoms with Crippen molar-refractivity contribution in [2.75, 3.05) is 0 Å². The van der Waals surface area contributed by atoms with Crippen LogP contribution in [0, 0.1) is 11.3 Å². The Morgan fingerprint density at radius 3 is 2.60 bits per heavy atom. The van der Waals surface area contributed by atoms with E-state index in [1.807, 2.05) is 42.5 Å². The molecule has 2 heteroatoms. The van der Waals surface area contributed by atoms with Gasteiger partial charge in [-0.2, -0.15) is 5.26 Å². The van der Waals surface area contributed by atoms with Crippen molar-refractivity contribution in [2.45, 2.75) is 6.42 Å². The van der Waals surface area contributed by atoms with Crippen molar-refractivity contribution in [3.8, 4) is 17.2 Å². The fourth-order valence-corrected chi connectivity index (χ4v) is 1.53. The maximum Gasteiger partial charge on any atom is 0.0781 e. The summed E-state index contributed by atoms with van der Waals surface area (Å²) in [7, 11) is 0. The summed E-state index contributed by atoms with van der Waals surface area (Å²) in [6.45, 7) is 0. The van der Waals surface area contributed by atoms with Crippen LogP contribution in [-0.2, 0) is 6.42 Å². The monoisotopic (exact) mass is 194 g/mol. The summed E-state index contributed by atoms with van der Waals surface area (Å²) in [5, 5.41) is 8.70. The van der Waals surface area contributed by atoms with Gasteiger partial charge in [0.2, 0.25) is 0 Å². The second kappa shape index (κ2) is 4.39. The zero-order chi connectivity index (χ0) is 10.5. The molecule has 72 valence electrons. The lowest BCUT2D eigenvalue weighted by atomic mass is 10.0. The molecule has 2 nitrogen and oxygen atoms in total. The van der Waals surface area contributed by atoms with E-state index in [0.717, 1.165) is 16.8 Å². The van der Waals surface area contributed by atoms with Crippen molar-refractivity contribution < 1.29 is 0 Å². The first-order valence-electron chi connectivity index (χ1n) is 4.78. The first-order valence-corrected chi connectivity index (χ1v) is 4.78. The van der Waals surface area contributed by atoms with Crippen LogP contribution in [0.4, 0.5) is 0 Å². The topological polar surface area (TPSA) is 36.7 Å². The molecule has 0 amide bonds. The molecule has 0 radical (unpaired) electrons. The minimum atomic E-state index is 0.352. The fourth-order valence-electron chi connectivity index (χ4n) is 1.53. The van der Waals surface area contributed by atoms with Crippen LogP contribution in [0.3, 0.4) is 0 Å². The van der Waals surface area contributed by atoms with Gasteiger partial charge in [-0.15, -0.1) is 0 Å². The van der Waals surface area contributed by atoms with Crippen molar-refractivity contribution >= 4 is 0 Å². The number of hydrogen-bond donors (Lipinski definition) is 0. The van der Waals surface area contributed by atoms with Crippen molar-refractivity contribution in [3.63, 3.8) is 0 Å². The Labute approximate surface area is 88.8 Å². The summed E-state index contributed by atoms with van der Waals surface area (Å²) >= 11 is 0. The van der Waals surface area contributed by atoms with Gasteiger partial charge < -0.3 is 0 Å². The van der Waals surface area contributed by atoms with Crippen LogP contribution < -0.4 is 0 Å². The normalized spacial score (nSPS) is 9.53. The minimum absolute atomic E-state index is 0.352. The quantitative estimate of drug-likeness (QED) is 0.737. The molecule has 1 aromatic carbocycles. The Bertz CT molecular complexity index is 483. The van der Waals surface area contributed by atoms with Crippen LogP contribution >= 0.6 is 0 Å². The van der Waals surface area contributed by atoms with Crippen LogP contribution in [0.15, 0.2) is 48.7 Å². The van der Waals surface area contributed by atoms with Gasteiger partial charge in [0.05, 0.1) is 18.2 Å². The van der Waals surface area contributed by atoms with Crippen LogP contribution in [0.5, 0.6) is 0 Å². The molecule has 0 aliphatic rings. The number of hydrogen-bond acceptors (Lipinski definition) is 2. The molecular weight excluding hydrogens is 184 g/mol. The van der Waals surface area contributed by atoms with Crippen LogP contribution in [0.2, 0.25) is 0 Å². The highest BCUT2D eigenvalue weighted by atomic mass is 14.7. The number of pyridine rings is 1. The highest BCUT2D eigenvalue weighted by molar-refractivity contribution is 5.65. The third-order valence-electron chi connectivity index (χ3n) is 2.22. The molecule has 1 aromatic heterocycles. The van der Waals surface area contributed by atoms with Crippen LogP contribution in [0.25, 0.3) is 11.1 Å². The molecule has 2 aromatic rings. The molecular formula is C13H10N2. The molecule has 15 heavy (non-hydrogen) atoms. The van der Waals surface area contributed by atoms with Crippen molar-refractivity contribution in [2.24, 2.45) is 0 Å². The molecule has 2 rings (SSSR count). The minimum Gasteiger partial charge on any atom is -0.260 e. The van der Waals surface area contributed by atoms with E-state index in [1.54, 1.807) is 6.20 Å². The number of nitriles is 1. The third-order valence-corrected chi connectivity index (χ3v) is 2.22. The van der Waals surface area contributed by atoms with Gasteiger partial charge in [-0.25, -0.2) is 0 Å². The largest absolute Gasteiger partial charge is 0.260 e. The van der Waals surface area contributed by atoms with E-state index < -0.39 is 0 Å². The molecule has 0 aliphatic heterocycles. The summed E-state index contributed by atoms with van der Waals surface area (Å²) in [6.07, 6.45) is 2.07. The predicted molar refractivity (Wildman–Crippen MR) is 59.0 cm³/mol.